The average molecular weight is 339 g/mol. The van der Waals surface area contributed by atoms with E-state index in [1.807, 2.05) is 31.9 Å². The Labute approximate surface area is 143 Å². The van der Waals surface area contributed by atoms with Gasteiger partial charge in [-0.2, -0.15) is 0 Å². The van der Waals surface area contributed by atoms with E-state index in [0.29, 0.717) is 6.42 Å². The fourth-order valence-corrected chi connectivity index (χ4v) is 2.94. The molecule has 1 aliphatic heterocycles. The van der Waals surface area contributed by atoms with Gasteiger partial charge in [0.15, 0.2) is 0 Å². The number of aliphatic hydroxyl groups is 1. The quantitative estimate of drug-likeness (QED) is 0.701. The van der Waals surface area contributed by atoms with Crippen molar-refractivity contribution in [1.29, 1.82) is 0 Å². The zero-order chi connectivity index (χ0) is 17.5. The van der Waals surface area contributed by atoms with Gasteiger partial charge in [0.05, 0.1) is 24.4 Å². The number of hydrogen-bond acceptors (Lipinski definition) is 6. The fraction of sp³-hybridized carbons (Fsp3) is 0.812. The largest absolute Gasteiger partial charge is 0.394 e. The minimum absolute atomic E-state index is 0.00321. The average Bonchev–Trinajstić information content (AvgIpc) is 3.00. The molecule has 1 aliphatic rings. The van der Waals surface area contributed by atoms with Crippen LogP contribution in [0.1, 0.15) is 38.3 Å². The number of aromatic nitrogens is 3. The molecule has 1 saturated heterocycles. The fourth-order valence-electron chi connectivity index (χ4n) is 2.94. The van der Waals surface area contributed by atoms with E-state index < -0.39 is 0 Å². The molecule has 0 bridgehead atoms. The summed E-state index contributed by atoms with van der Waals surface area (Å²) in [6.45, 7) is 3.24. The monoisotopic (exact) mass is 339 g/mol. The molecule has 0 radical (unpaired) electrons. The topological polar surface area (TPSA) is 92.5 Å². The molecule has 1 aromatic rings. The first-order chi connectivity index (χ1) is 11.5. The van der Waals surface area contributed by atoms with Gasteiger partial charge in [-0.15, -0.1) is 5.10 Å². The first-order valence-corrected chi connectivity index (χ1v) is 8.61. The summed E-state index contributed by atoms with van der Waals surface area (Å²) >= 11 is 0. The lowest BCUT2D eigenvalue weighted by Crippen LogP contribution is -2.50. The van der Waals surface area contributed by atoms with Gasteiger partial charge in [0.25, 0.3) is 0 Å². The number of nitrogens with one attached hydrogen (secondary N) is 1. The summed E-state index contributed by atoms with van der Waals surface area (Å²) in [6.07, 6.45) is 4.64. The number of carbonyl (C=O) groups excluding carboxylic acids is 1. The summed E-state index contributed by atoms with van der Waals surface area (Å²) < 4.78 is 7.79. The summed E-state index contributed by atoms with van der Waals surface area (Å²) in [5, 5.41) is 20.7. The Morgan fingerprint density at radius 2 is 2.29 bits per heavy atom. The van der Waals surface area contributed by atoms with Crippen molar-refractivity contribution in [3.63, 3.8) is 0 Å². The molecule has 2 rings (SSSR count). The maximum atomic E-state index is 11.5. The van der Waals surface area contributed by atoms with E-state index in [9.17, 15) is 9.90 Å². The number of amides is 1. The molecule has 2 N–H and O–H groups in total. The van der Waals surface area contributed by atoms with Crippen LogP contribution in [-0.2, 0) is 22.6 Å². The van der Waals surface area contributed by atoms with E-state index >= 15 is 0 Å². The maximum absolute atomic E-state index is 11.5. The van der Waals surface area contributed by atoms with Crippen molar-refractivity contribution < 1.29 is 14.6 Å². The zero-order valence-electron chi connectivity index (χ0n) is 14.8. The Balaban J connectivity index is 1.80. The Hall–Kier alpha value is -1.51. The molecule has 1 aromatic heterocycles. The summed E-state index contributed by atoms with van der Waals surface area (Å²) in [5.41, 5.74) is 0.945. The van der Waals surface area contributed by atoms with Crippen LogP contribution in [0.15, 0.2) is 6.20 Å². The number of aryl methyl sites for hydroxylation is 1. The van der Waals surface area contributed by atoms with Crippen LogP contribution in [0.5, 0.6) is 0 Å². The van der Waals surface area contributed by atoms with Crippen LogP contribution in [-0.4, -0.2) is 69.9 Å². The van der Waals surface area contributed by atoms with Gasteiger partial charge in [-0.1, -0.05) is 12.1 Å². The van der Waals surface area contributed by atoms with E-state index in [4.69, 9.17) is 4.74 Å². The molecule has 0 saturated carbocycles. The van der Waals surface area contributed by atoms with Gasteiger partial charge in [0.1, 0.15) is 6.10 Å². The highest BCUT2D eigenvalue weighted by molar-refractivity contribution is 5.75. The molecule has 0 aromatic carbocycles. The lowest BCUT2D eigenvalue weighted by Gasteiger charge is -2.36. The molecule has 3 atom stereocenters. The third-order valence-electron chi connectivity index (χ3n) is 4.21. The van der Waals surface area contributed by atoms with E-state index in [1.165, 1.54) is 0 Å². The van der Waals surface area contributed by atoms with E-state index in [0.717, 1.165) is 38.0 Å². The maximum Gasteiger partial charge on any atom is 0.220 e. The lowest BCUT2D eigenvalue weighted by molar-refractivity contribution is -0.128. The predicted octanol–water partition coefficient (Wildman–Crippen LogP) is 0.165. The third kappa shape index (κ3) is 5.54. The van der Waals surface area contributed by atoms with Crippen molar-refractivity contribution >= 4 is 5.91 Å². The van der Waals surface area contributed by atoms with Crippen LogP contribution < -0.4 is 5.32 Å². The first kappa shape index (κ1) is 18.8. The van der Waals surface area contributed by atoms with Gasteiger partial charge in [-0.05, 0) is 33.4 Å². The Kier molecular flexibility index (Phi) is 7.14. The van der Waals surface area contributed by atoms with Crippen LogP contribution in [0.2, 0.25) is 0 Å². The number of aliphatic hydroxyl groups excluding tert-OH is 1. The molecule has 0 unspecified atom stereocenters. The van der Waals surface area contributed by atoms with E-state index in [1.54, 1.807) is 0 Å². The van der Waals surface area contributed by atoms with Gasteiger partial charge in [-0.25, -0.2) is 0 Å². The number of hydrogen-bond donors (Lipinski definition) is 2. The molecular weight excluding hydrogens is 310 g/mol. The second-order valence-corrected chi connectivity index (χ2v) is 6.58. The normalized spacial score (nSPS) is 24.3. The summed E-state index contributed by atoms with van der Waals surface area (Å²) in [4.78, 5) is 13.6. The van der Waals surface area contributed by atoms with Gasteiger partial charge in [-0.3, -0.25) is 9.48 Å². The highest BCUT2D eigenvalue weighted by Crippen LogP contribution is 2.22. The minimum atomic E-state index is -0.334. The SMILES string of the molecule is CCC(=O)N[C@H]1CC[C@H](CCn2cc(CN(C)C)nn2)O[C@H]1CO. The van der Waals surface area contributed by atoms with Crippen molar-refractivity contribution in [2.75, 3.05) is 20.7 Å². The van der Waals surface area contributed by atoms with Gasteiger partial charge in [0.2, 0.25) is 5.91 Å². The van der Waals surface area contributed by atoms with Crippen LogP contribution >= 0.6 is 0 Å². The Morgan fingerprint density at radius 3 is 2.96 bits per heavy atom. The highest BCUT2D eigenvalue weighted by atomic mass is 16.5. The molecule has 8 heteroatoms. The second-order valence-electron chi connectivity index (χ2n) is 6.58. The molecule has 0 spiro atoms. The van der Waals surface area contributed by atoms with E-state index in [-0.39, 0.29) is 30.8 Å². The Bertz CT molecular complexity index is 520. The molecule has 24 heavy (non-hydrogen) atoms. The number of rotatable bonds is 8. The van der Waals surface area contributed by atoms with Gasteiger partial charge >= 0.3 is 0 Å². The molecule has 0 aliphatic carbocycles. The second kappa shape index (κ2) is 9.10. The van der Waals surface area contributed by atoms with Gasteiger partial charge < -0.3 is 20.1 Å². The number of carbonyl (C=O) groups is 1. The summed E-state index contributed by atoms with van der Waals surface area (Å²) in [7, 11) is 4.00. The van der Waals surface area contributed by atoms with E-state index in [2.05, 4.69) is 20.5 Å². The molecule has 2 heterocycles. The predicted molar refractivity (Wildman–Crippen MR) is 89.2 cm³/mol. The smallest absolute Gasteiger partial charge is 0.220 e. The lowest BCUT2D eigenvalue weighted by atomic mass is 9.97. The Morgan fingerprint density at radius 1 is 1.50 bits per heavy atom. The molecular formula is C16H29N5O3. The van der Waals surface area contributed by atoms with Crippen molar-refractivity contribution in [1.82, 2.24) is 25.2 Å². The van der Waals surface area contributed by atoms with Crippen LogP contribution in [0.4, 0.5) is 0 Å². The first-order valence-electron chi connectivity index (χ1n) is 8.61. The zero-order valence-corrected chi connectivity index (χ0v) is 14.8. The third-order valence-corrected chi connectivity index (χ3v) is 4.21. The van der Waals surface area contributed by atoms with Crippen LogP contribution in [0.25, 0.3) is 0 Å². The molecule has 8 nitrogen and oxygen atoms in total. The van der Waals surface area contributed by atoms with Crippen molar-refractivity contribution in [2.24, 2.45) is 0 Å². The molecule has 136 valence electrons. The number of ether oxygens (including phenoxy) is 1. The number of nitrogens with zero attached hydrogens (tertiary/aromatic N) is 4. The highest BCUT2D eigenvalue weighted by Gasteiger charge is 2.31. The summed E-state index contributed by atoms with van der Waals surface area (Å²) in [6, 6.07) is -0.100. The standard InChI is InChI=1S/C16H29N5O3/c1-4-16(23)17-14-6-5-13(24-15(14)11-22)7-8-21-10-12(18-19-21)9-20(2)3/h10,13-15,22H,4-9,11H2,1-3H3,(H,17,23)/t13-,14+,15+/m1/s1. The molecule has 1 fully saturated rings. The minimum Gasteiger partial charge on any atom is -0.394 e. The van der Waals surface area contributed by atoms with Gasteiger partial charge in [0, 0.05) is 25.7 Å². The van der Waals surface area contributed by atoms with Crippen molar-refractivity contribution in [3.8, 4) is 0 Å². The van der Waals surface area contributed by atoms with Crippen molar-refractivity contribution in [2.45, 2.75) is 63.9 Å². The molecule has 1 amide bonds. The van der Waals surface area contributed by atoms with Crippen molar-refractivity contribution in [3.05, 3.63) is 11.9 Å². The van der Waals surface area contributed by atoms with Crippen LogP contribution in [0.3, 0.4) is 0 Å². The van der Waals surface area contributed by atoms with Crippen LogP contribution in [0, 0.1) is 0 Å². The summed E-state index contributed by atoms with van der Waals surface area (Å²) in [5.74, 6) is -0.00321.